The van der Waals surface area contributed by atoms with Crippen molar-refractivity contribution in [2.45, 2.75) is 19.9 Å². The minimum Gasteiger partial charge on any atom is -0.369 e. The summed E-state index contributed by atoms with van der Waals surface area (Å²) in [7, 11) is 2.01. The Morgan fingerprint density at radius 3 is 3.05 bits per heavy atom. The summed E-state index contributed by atoms with van der Waals surface area (Å²) in [6.07, 6.45) is 6.76. The standard InChI is InChI=1S/C14H18N6S/c1-3-4-15-12-8-20-6-5-16-13(20)14(18-12)19(2)7-11-9-21-10-17-11/h5-6,8-10,15H,3-4,7H2,1-2H3. The van der Waals surface area contributed by atoms with E-state index in [-0.39, 0.29) is 0 Å². The number of hydrogen-bond donors (Lipinski definition) is 1. The summed E-state index contributed by atoms with van der Waals surface area (Å²) in [5.41, 5.74) is 3.75. The molecule has 3 aromatic rings. The molecule has 6 nitrogen and oxygen atoms in total. The molecule has 0 unspecified atom stereocenters. The maximum absolute atomic E-state index is 4.70. The van der Waals surface area contributed by atoms with Crippen LogP contribution in [0.3, 0.4) is 0 Å². The van der Waals surface area contributed by atoms with Crippen LogP contribution < -0.4 is 10.2 Å². The van der Waals surface area contributed by atoms with Gasteiger partial charge in [0.1, 0.15) is 5.82 Å². The van der Waals surface area contributed by atoms with Gasteiger partial charge in [-0.05, 0) is 6.42 Å². The first-order chi connectivity index (χ1) is 10.3. The molecule has 0 amide bonds. The minimum atomic E-state index is 0.719. The molecule has 0 bridgehead atoms. The second-order valence-electron chi connectivity index (χ2n) is 4.87. The molecular formula is C14H18N6S. The van der Waals surface area contributed by atoms with E-state index in [1.165, 1.54) is 0 Å². The molecular weight excluding hydrogens is 284 g/mol. The fraction of sp³-hybridized carbons (Fsp3) is 0.357. The third-order valence-corrected chi connectivity index (χ3v) is 3.79. The Labute approximate surface area is 127 Å². The number of nitrogens with zero attached hydrogens (tertiary/aromatic N) is 5. The molecule has 0 aliphatic carbocycles. The van der Waals surface area contributed by atoms with E-state index in [0.29, 0.717) is 0 Å². The van der Waals surface area contributed by atoms with E-state index in [4.69, 9.17) is 4.98 Å². The molecule has 21 heavy (non-hydrogen) atoms. The van der Waals surface area contributed by atoms with E-state index in [2.05, 4.69) is 32.5 Å². The SMILES string of the molecule is CCCNc1cn2ccnc2c(N(C)Cc2cscn2)n1. The molecule has 0 radical (unpaired) electrons. The molecule has 0 atom stereocenters. The molecule has 3 rings (SSSR count). The molecule has 3 aromatic heterocycles. The minimum absolute atomic E-state index is 0.719. The zero-order chi connectivity index (χ0) is 14.7. The number of hydrogen-bond acceptors (Lipinski definition) is 6. The monoisotopic (exact) mass is 302 g/mol. The largest absolute Gasteiger partial charge is 0.369 e. The van der Waals surface area contributed by atoms with Gasteiger partial charge in [0.05, 0.1) is 23.9 Å². The molecule has 0 aliphatic heterocycles. The zero-order valence-corrected chi connectivity index (χ0v) is 13.0. The number of nitrogens with one attached hydrogen (secondary N) is 1. The van der Waals surface area contributed by atoms with E-state index in [1.807, 2.05) is 29.4 Å². The van der Waals surface area contributed by atoms with Gasteiger partial charge < -0.3 is 14.6 Å². The summed E-state index contributed by atoms with van der Waals surface area (Å²) in [6, 6.07) is 0. The molecule has 1 N–H and O–H groups in total. The quantitative estimate of drug-likeness (QED) is 0.758. The van der Waals surface area contributed by atoms with Crippen LogP contribution in [0.5, 0.6) is 0 Å². The lowest BCUT2D eigenvalue weighted by Gasteiger charge is -2.18. The number of thiazole rings is 1. The Balaban J connectivity index is 1.93. The Morgan fingerprint density at radius 1 is 1.38 bits per heavy atom. The Kier molecular flexibility index (Phi) is 4.01. The predicted molar refractivity (Wildman–Crippen MR) is 86.0 cm³/mol. The van der Waals surface area contributed by atoms with Gasteiger partial charge in [-0.2, -0.15) is 0 Å². The van der Waals surface area contributed by atoms with Gasteiger partial charge in [0.2, 0.25) is 0 Å². The molecule has 0 aromatic carbocycles. The first kappa shape index (κ1) is 13.8. The molecule has 0 saturated carbocycles. The first-order valence-electron chi connectivity index (χ1n) is 6.93. The summed E-state index contributed by atoms with van der Waals surface area (Å²) in [5.74, 6) is 1.72. The number of rotatable bonds is 6. The van der Waals surface area contributed by atoms with Crippen LogP contribution in [-0.4, -0.2) is 32.9 Å². The van der Waals surface area contributed by atoms with Crippen molar-refractivity contribution in [2.24, 2.45) is 0 Å². The molecule has 110 valence electrons. The van der Waals surface area contributed by atoms with Crippen LogP contribution in [0.25, 0.3) is 5.65 Å². The van der Waals surface area contributed by atoms with Crippen molar-refractivity contribution in [1.29, 1.82) is 0 Å². The summed E-state index contributed by atoms with van der Waals surface area (Å²) >= 11 is 1.60. The molecule has 3 heterocycles. The summed E-state index contributed by atoms with van der Waals surface area (Å²) in [5, 5.41) is 5.38. The van der Waals surface area contributed by atoms with Crippen molar-refractivity contribution in [3.63, 3.8) is 0 Å². The van der Waals surface area contributed by atoms with Gasteiger partial charge >= 0.3 is 0 Å². The fourth-order valence-corrected chi connectivity index (χ4v) is 2.69. The summed E-state index contributed by atoms with van der Waals surface area (Å²) in [6.45, 7) is 3.76. The van der Waals surface area contributed by atoms with Gasteiger partial charge in [-0.15, -0.1) is 11.3 Å². The maximum Gasteiger partial charge on any atom is 0.180 e. The molecule has 7 heteroatoms. The van der Waals surface area contributed by atoms with Crippen molar-refractivity contribution in [3.05, 3.63) is 35.2 Å². The highest BCUT2D eigenvalue weighted by Crippen LogP contribution is 2.21. The first-order valence-corrected chi connectivity index (χ1v) is 7.88. The smallest absolute Gasteiger partial charge is 0.180 e. The Bertz CT molecular complexity index is 705. The van der Waals surface area contributed by atoms with Crippen molar-refractivity contribution in [3.8, 4) is 0 Å². The topological polar surface area (TPSA) is 58.4 Å². The average Bonchev–Trinajstić information content (AvgIpc) is 3.14. The third kappa shape index (κ3) is 2.97. The molecule has 0 saturated heterocycles. The second-order valence-corrected chi connectivity index (χ2v) is 5.59. The predicted octanol–water partition coefficient (Wildman–Crippen LogP) is 2.64. The average molecular weight is 302 g/mol. The van der Waals surface area contributed by atoms with Gasteiger partial charge in [-0.1, -0.05) is 6.92 Å². The lowest BCUT2D eigenvalue weighted by molar-refractivity contribution is 0.867. The van der Waals surface area contributed by atoms with Crippen LogP contribution in [0.2, 0.25) is 0 Å². The highest BCUT2D eigenvalue weighted by atomic mass is 32.1. The summed E-state index contributed by atoms with van der Waals surface area (Å²) in [4.78, 5) is 15.5. The van der Waals surface area contributed by atoms with Crippen LogP contribution in [0.1, 0.15) is 19.0 Å². The van der Waals surface area contributed by atoms with Crippen molar-refractivity contribution >= 4 is 28.6 Å². The maximum atomic E-state index is 4.70. The second kappa shape index (κ2) is 6.09. The Morgan fingerprint density at radius 2 is 2.29 bits per heavy atom. The highest BCUT2D eigenvalue weighted by Gasteiger charge is 2.13. The fourth-order valence-electron chi connectivity index (χ4n) is 2.14. The number of anilines is 2. The van der Waals surface area contributed by atoms with E-state index in [0.717, 1.165) is 42.5 Å². The highest BCUT2D eigenvalue weighted by molar-refractivity contribution is 7.07. The van der Waals surface area contributed by atoms with Crippen molar-refractivity contribution in [1.82, 2.24) is 19.4 Å². The van der Waals surface area contributed by atoms with Gasteiger partial charge in [0.25, 0.3) is 0 Å². The normalized spacial score (nSPS) is 11.0. The van der Waals surface area contributed by atoms with Crippen LogP contribution in [0, 0.1) is 0 Å². The van der Waals surface area contributed by atoms with E-state index < -0.39 is 0 Å². The number of imidazole rings is 1. The van der Waals surface area contributed by atoms with Crippen LogP contribution in [0.4, 0.5) is 11.6 Å². The lowest BCUT2D eigenvalue weighted by Crippen LogP contribution is -2.20. The van der Waals surface area contributed by atoms with Gasteiger partial charge in [-0.25, -0.2) is 15.0 Å². The van der Waals surface area contributed by atoms with E-state index in [9.17, 15) is 0 Å². The van der Waals surface area contributed by atoms with Crippen LogP contribution in [-0.2, 0) is 6.54 Å². The lowest BCUT2D eigenvalue weighted by atomic mass is 10.4. The van der Waals surface area contributed by atoms with E-state index in [1.54, 1.807) is 17.5 Å². The van der Waals surface area contributed by atoms with Crippen molar-refractivity contribution in [2.75, 3.05) is 23.8 Å². The number of aromatic nitrogens is 4. The van der Waals surface area contributed by atoms with Gasteiger partial charge in [0.15, 0.2) is 11.5 Å². The van der Waals surface area contributed by atoms with Gasteiger partial charge in [0, 0.05) is 31.4 Å². The molecule has 0 aliphatic rings. The Hall–Kier alpha value is -2.15. The van der Waals surface area contributed by atoms with Crippen LogP contribution >= 0.6 is 11.3 Å². The molecule has 0 fully saturated rings. The molecule has 0 spiro atoms. The van der Waals surface area contributed by atoms with E-state index >= 15 is 0 Å². The summed E-state index contributed by atoms with van der Waals surface area (Å²) < 4.78 is 2.00. The van der Waals surface area contributed by atoms with Crippen molar-refractivity contribution < 1.29 is 0 Å². The van der Waals surface area contributed by atoms with Gasteiger partial charge in [-0.3, -0.25) is 0 Å². The third-order valence-electron chi connectivity index (χ3n) is 3.16. The zero-order valence-electron chi connectivity index (χ0n) is 12.2. The number of fused-ring (bicyclic) bond motifs is 1. The van der Waals surface area contributed by atoms with Crippen LogP contribution in [0.15, 0.2) is 29.5 Å².